The number of thiazole rings is 1. The number of hydrogen-bond donors (Lipinski definition) is 3. The summed E-state index contributed by atoms with van der Waals surface area (Å²) < 4.78 is 24.9. The maximum atomic E-state index is 12.2. The highest BCUT2D eigenvalue weighted by molar-refractivity contribution is 7.89. The second-order valence-corrected chi connectivity index (χ2v) is 7.95. The van der Waals surface area contributed by atoms with Crippen LogP contribution < -0.4 is 15.1 Å². The zero-order valence-corrected chi connectivity index (χ0v) is 13.2. The highest BCUT2D eigenvalue weighted by atomic mass is 32.2. The molecule has 3 N–H and O–H groups in total. The van der Waals surface area contributed by atoms with Crippen LogP contribution in [0.25, 0.3) is 10.2 Å². The minimum absolute atomic E-state index is 0.00183. The molecule has 1 aliphatic rings. The Labute approximate surface area is 130 Å². The molecule has 22 heavy (non-hydrogen) atoms. The van der Waals surface area contributed by atoms with Gasteiger partial charge in [-0.2, -0.15) is 0 Å². The maximum Gasteiger partial charge on any atom is 0.305 e. The number of carbonyl (C=O) groups is 1. The first-order valence-electron chi connectivity index (χ1n) is 6.90. The van der Waals surface area contributed by atoms with Crippen LogP contribution in [0.1, 0.15) is 25.7 Å². The summed E-state index contributed by atoms with van der Waals surface area (Å²) in [6, 6.07) is 4.32. The van der Waals surface area contributed by atoms with Crippen molar-refractivity contribution in [1.29, 1.82) is 0 Å². The van der Waals surface area contributed by atoms with Crippen molar-refractivity contribution in [3.05, 3.63) is 27.9 Å². The molecule has 1 aliphatic carbocycles. The molecule has 0 saturated heterocycles. The van der Waals surface area contributed by atoms with E-state index in [9.17, 15) is 18.0 Å². The van der Waals surface area contributed by atoms with Crippen molar-refractivity contribution in [2.24, 2.45) is 5.92 Å². The third-order valence-corrected chi connectivity index (χ3v) is 5.83. The van der Waals surface area contributed by atoms with Gasteiger partial charge in [0, 0.05) is 5.92 Å². The molecule has 1 heterocycles. The van der Waals surface area contributed by atoms with Crippen LogP contribution >= 0.6 is 11.3 Å². The summed E-state index contributed by atoms with van der Waals surface area (Å²) in [5, 5.41) is 0. The van der Waals surface area contributed by atoms with Gasteiger partial charge < -0.3 is 4.98 Å². The number of nitrogens with one attached hydrogen (secondary N) is 3. The first-order chi connectivity index (χ1) is 10.5. The fourth-order valence-corrected chi connectivity index (χ4v) is 4.28. The molecular formula is C13H15N3O4S2. The fraction of sp³-hybridized carbons (Fsp3) is 0.385. The number of sulfonamides is 1. The topological polar surface area (TPSA) is 108 Å². The van der Waals surface area contributed by atoms with Gasteiger partial charge in [0.2, 0.25) is 5.91 Å². The quantitative estimate of drug-likeness (QED) is 0.723. The van der Waals surface area contributed by atoms with Crippen LogP contribution in [-0.4, -0.2) is 19.3 Å². The predicted molar refractivity (Wildman–Crippen MR) is 82.9 cm³/mol. The fourth-order valence-electron chi connectivity index (χ4n) is 2.56. The van der Waals surface area contributed by atoms with Crippen LogP contribution in [0.4, 0.5) is 0 Å². The van der Waals surface area contributed by atoms with Crippen molar-refractivity contribution >= 4 is 37.5 Å². The highest BCUT2D eigenvalue weighted by Crippen LogP contribution is 2.24. The third kappa shape index (κ3) is 3.06. The number of hydrogen-bond acceptors (Lipinski definition) is 5. The van der Waals surface area contributed by atoms with E-state index in [1.807, 2.05) is 0 Å². The van der Waals surface area contributed by atoms with Gasteiger partial charge in [0.25, 0.3) is 10.0 Å². The van der Waals surface area contributed by atoms with Gasteiger partial charge in [0.1, 0.15) is 0 Å². The molecule has 9 heteroatoms. The Morgan fingerprint density at radius 2 is 2.00 bits per heavy atom. The number of hydrazine groups is 1. The standard InChI is InChI=1S/C13H15N3O4S2/c17-12(8-3-1-2-4-8)15-16-22(19,20)9-5-6-10-11(7-9)21-13(18)14-10/h5-8,16H,1-4H2,(H,14,18)(H,15,17). The van der Waals surface area contributed by atoms with Crippen LogP contribution in [0.2, 0.25) is 0 Å². The van der Waals surface area contributed by atoms with Crippen LogP contribution in [0.3, 0.4) is 0 Å². The lowest BCUT2D eigenvalue weighted by atomic mass is 10.1. The second-order valence-electron chi connectivity index (χ2n) is 5.25. The van der Waals surface area contributed by atoms with E-state index in [0.29, 0.717) is 10.2 Å². The molecule has 0 spiro atoms. The molecule has 1 fully saturated rings. The number of carbonyl (C=O) groups excluding carboxylic acids is 1. The molecule has 0 bridgehead atoms. The Bertz CT molecular complexity index is 863. The van der Waals surface area contributed by atoms with Gasteiger partial charge in [0.15, 0.2) is 0 Å². The maximum absolute atomic E-state index is 12.2. The van der Waals surface area contributed by atoms with E-state index in [2.05, 4.69) is 15.2 Å². The molecule has 0 radical (unpaired) electrons. The van der Waals surface area contributed by atoms with Crippen molar-refractivity contribution in [3.8, 4) is 0 Å². The largest absolute Gasteiger partial charge is 0.312 e. The van der Waals surface area contributed by atoms with Gasteiger partial charge in [-0.1, -0.05) is 24.2 Å². The Morgan fingerprint density at radius 1 is 1.27 bits per heavy atom. The Balaban J connectivity index is 1.75. The van der Waals surface area contributed by atoms with Crippen molar-refractivity contribution in [3.63, 3.8) is 0 Å². The van der Waals surface area contributed by atoms with Crippen molar-refractivity contribution in [2.45, 2.75) is 30.6 Å². The van der Waals surface area contributed by atoms with Gasteiger partial charge in [-0.05, 0) is 31.0 Å². The van der Waals surface area contributed by atoms with E-state index in [1.165, 1.54) is 18.2 Å². The molecule has 3 rings (SSSR count). The number of H-pyrrole nitrogens is 1. The van der Waals surface area contributed by atoms with E-state index < -0.39 is 10.0 Å². The number of amides is 1. The number of rotatable bonds is 4. The smallest absolute Gasteiger partial charge is 0.305 e. The first-order valence-corrected chi connectivity index (χ1v) is 9.20. The Kier molecular flexibility index (Phi) is 4.02. The zero-order chi connectivity index (χ0) is 15.7. The summed E-state index contributed by atoms with van der Waals surface area (Å²) in [6.45, 7) is 0. The van der Waals surface area contributed by atoms with Crippen LogP contribution in [0, 0.1) is 5.92 Å². The predicted octanol–water partition coefficient (Wildman–Crippen LogP) is 1.09. The zero-order valence-electron chi connectivity index (χ0n) is 11.6. The minimum atomic E-state index is -3.86. The number of aromatic amines is 1. The molecule has 0 aliphatic heterocycles. The van der Waals surface area contributed by atoms with Crippen LogP contribution in [0.15, 0.2) is 27.9 Å². The SMILES string of the molecule is O=C(NNS(=O)(=O)c1ccc2[nH]c(=O)sc2c1)C1CCCC1. The lowest BCUT2D eigenvalue weighted by Crippen LogP contribution is -2.43. The minimum Gasteiger partial charge on any atom is -0.312 e. The number of fused-ring (bicyclic) bond motifs is 1. The van der Waals surface area contributed by atoms with Gasteiger partial charge in [-0.15, -0.1) is 4.83 Å². The van der Waals surface area contributed by atoms with E-state index in [1.54, 1.807) is 0 Å². The van der Waals surface area contributed by atoms with Crippen LogP contribution in [0.5, 0.6) is 0 Å². The Morgan fingerprint density at radius 3 is 2.73 bits per heavy atom. The molecule has 1 aromatic carbocycles. The molecular weight excluding hydrogens is 326 g/mol. The Hall–Kier alpha value is -1.71. The normalized spacial score (nSPS) is 16.2. The molecule has 7 nitrogen and oxygen atoms in total. The van der Waals surface area contributed by atoms with Gasteiger partial charge in [0.05, 0.1) is 15.1 Å². The van der Waals surface area contributed by atoms with Crippen molar-refractivity contribution < 1.29 is 13.2 Å². The molecule has 2 aromatic rings. The van der Waals surface area contributed by atoms with E-state index >= 15 is 0 Å². The van der Waals surface area contributed by atoms with E-state index in [0.717, 1.165) is 37.0 Å². The third-order valence-electron chi connectivity index (χ3n) is 3.74. The highest BCUT2D eigenvalue weighted by Gasteiger charge is 2.24. The average molecular weight is 341 g/mol. The molecule has 1 saturated carbocycles. The van der Waals surface area contributed by atoms with Gasteiger partial charge >= 0.3 is 4.87 Å². The van der Waals surface area contributed by atoms with E-state index in [-0.39, 0.29) is 21.6 Å². The first kappa shape index (κ1) is 15.2. The molecule has 1 aromatic heterocycles. The molecule has 1 amide bonds. The lowest BCUT2D eigenvalue weighted by Gasteiger charge is -2.11. The second kappa shape index (κ2) is 5.82. The number of benzene rings is 1. The van der Waals surface area contributed by atoms with Crippen LogP contribution in [-0.2, 0) is 14.8 Å². The number of aromatic nitrogens is 1. The summed E-state index contributed by atoms with van der Waals surface area (Å²) in [7, 11) is -3.86. The van der Waals surface area contributed by atoms with Crippen molar-refractivity contribution in [1.82, 2.24) is 15.2 Å². The van der Waals surface area contributed by atoms with Crippen molar-refractivity contribution in [2.75, 3.05) is 0 Å². The lowest BCUT2D eigenvalue weighted by molar-refractivity contribution is -0.125. The summed E-state index contributed by atoms with van der Waals surface area (Å²) in [5.41, 5.74) is 2.86. The summed E-state index contributed by atoms with van der Waals surface area (Å²) >= 11 is 0.937. The molecule has 0 atom stereocenters. The van der Waals surface area contributed by atoms with E-state index in [4.69, 9.17) is 0 Å². The monoisotopic (exact) mass is 341 g/mol. The van der Waals surface area contributed by atoms with Gasteiger partial charge in [-0.3, -0.25) is 15.0 Å². The summed E-state index contributed by atoms with van der Waals surface area (Å²) in [5.74, 6) is -0.423. The molecule has 0 unspecified atom stereocenters. The molecule has 118 valence electrons. The van der Waals surface area contributed by atoms with Gasteiger partial charge in [-0.25, -0.2) is 8.42 Å². The summed E-state index contributed by atoms with van der Waals surface area (Å²) in [4.78, 5) is 27.6. The average Bonchev–Trinajstić information content (AvgIpc) is 3.12. The summed E-state index contributed by atoms with van der Waals surface area (Å²) in [6.07, 6.45) is 3.56.